The summed E-state index contributed by atoms with van der Waals surface area (Å²) < 4.78 is 10.5. The van der Waals surface area contributed by atoms with Crippen LogP contribution in [-0.4, -0.2) is 50.3 Å². The van der Waals surface area contributed by atoms with Crippen LogP contribution in [0.5, 0.6) is 11.5 Å². The fourth-order valence-corrected chi connectivity index (χ4v) is 2.69. The number of aliphatic carboxylic acids is 1. The minimum Gasteiger partial charge on any atom is -0.497 e. The number of ether oxygens (including phenoxy) is 2. The molecule has 0 radical (unpaired) electrons. The summed E-state index contributed by atoms with van der Waals surface area (Å²) in [4.78, 5) is 13.4. The van der Waals surface area contributed by atoms with Crippen molar-refractivity contribution in [3.8, 4) is 11.5 Å². The summed E-state index contributed by atoms with van der Waals surface area (Å²) in [5.74, 6) is 0.188. The van der Waals surface area contributed by atoms with Gasteiger partial charge in [-0.25, -0.2) is 0 Å². The number of carboxylic acid groups (broad SMARTS) is 1. The molecule has 0 bridgehead atoms. The van der Waals surface area contributed by atoms with Crippen LogP contribution in [0, 0.1) is 5.92 Å². The average molecular weight is 265 g/mol. The second-order valence-electron chi connectivity index (χ2n) is 4.88. The average Bonchev–Trinajstić information content (AvgIpc) is 2.80. The third-order valence-corrected chi connectivity index (χ3v) is 3.66. The maximum atomic E-state index is 11.4. The summed E-state index contributed by atoms with van der Waals surface area (Å²) in [5.41, 5.74) is 0.931. The van der Waals surface area contributed by atoms with Gasteiger partial charge in [0.1, 0.15) is 11.5 Å². The molecule has 0 aromatic heterocycles. The molecule has 0 aliphatic carbocycles. The highest BCUT2D eigenvalue weighted by Gasteiger charge is 2.38. The SMILES string of the molecule is COc1ccc([C@H]2CN(C)C[C@@H]2C(=O)O)c(OC)c1. The standard InChI is InChI=1S/C14H19NO4/c1-15-7-11(12(8-15)14(16)17)10-5-4-9(18-2)6-13(10)19-3/h4-6,11-12H,7-8H2,1-3H3,(H,16,17)/t11-,12+/m1/s1. The van der Waals surface area contributed by atoms with Gasteiger partial charge < -0.3 is 19.5 Å². The van der Waals surface area contributed by atoms with Gasteiger partial charge in [-0.1, -0.05) is 6.07 Å². The molecule has 5 heteroatoms. The monoisotopic (exact) mass is 265 g/mol. The van der Waals surface area contributed by atoms with Crippen LogP contribution >= 0.6 is 0 Å². The Bertz CT molecular complexity index is 475. The van der Waals surface area contributed by atoms with Crippen molar-refractivity contribution in [1.82, 2.24) is 4.90 Å². The number of likely N-dealkylation sites (N-methyl/N-ethyl adjacent to an activating group) is 1. The van der Waals surface area contributed by atoms with Gasteiger partial charge >= 0.3 is 5.97 Å². The Labute approximate surface area is 112 Å². The second kappa shape index (κ2) is 5.48. The van der Waals surface area contributed by atoms with E-state index >= 15 is 0 Å². The van der Waals surface area contributed by atoms with E-state index in [0.717, 1.165) is 12.1 Å². The molecule has 1 N–H and O–H groups in total. The number of nitrogens with zero attached hydrogens (tertiary/aromatic N) is 1. The molecule has 1 aliphatic rings. The lowest BCUT2D eigenvalue weighted by Crippen LogP contribution is -2.21. The predicted octanol–water partition coefficient (Wildman–Crippen LogP) is 1.43. The molecule has 19 heavy (non-hydrogen) atoms. The lowest BCUT2D eigenvalue weighted by Gasteiger charge is -2.18. The van der Waals surface area contributed by atoms with E-state index in [1.54, 1.807) is 20.3 Å². The molecular weight excluding hydrogens is 246 g/mol. The van der Waals surface area contributed by atoms with Crippen molar-refractivity contribution in [3.05, 3.63) is 23.8 Å². The van der Waals surface area contributed by atoms with Crippen molar-refractivity contribution in [1.29, 1.82) is 0 Å². The number of rotatable bonds is 4. The molecule has 2 atom stereocenters. The van der Waals surface area contributed by atoms with Crippen LogP contribution in [0.3, 0.4) is 0 Å². The Hall–Kier alpha value is -1.75. The Morgan fingerprint density at radius 2 is 2.05 bits per heavy atom. The summed E-state index contributed by atoms with van der Waals surface area (Å²) in [6.07, 6.45) is 0. The Balaban J connectivity index is 2.37. The number of likely N-dealkylation sites (tertiary alicyclic amines) is 1. The van der Waals surface area contributed by atoms with E-state index in [0.29, 0.717) is 18.0 Å². The maximum Gasteiger partial charge on any atom is 0.308 e. The number of hydrogen-bond acceptors (Lipinski definition) is 4. The van der Waals surface area contributed by atoms with Crippen LogP contribution < -0.4 is 9.47 Å². The zero-order chi connectivity index (χ0) is 14.0. The van der Waals surface area contributed by atoms with E-state index in [2.05, 4.69) is 0 Å². The molecule has 2 rings (SSSR count). The Morgan fingerprint density at radius 3 is 2.63 bits per heavy atom. The zero-order valence-corrected chi connectivity index (χ0v) is 11.4. The van der Waals surface area contributed by atoms with Gasteiger partial charge in [-0.3, -0.25) is 4.79 Å². The van der Waals surface area contributed by atoms with Crippen molar-refractivity contribution in [3.63, 3.8) is 0 Å². The molecule has 104 valence electrons. The van der Waals surface area contributed by atoms with Crippen molar-refractivity contribution in [2.24, 2.45) is 5.92 Å². The van der Waals surface area contributed by atoms with Crippen LogP contribution in [0.15, 0.2) is 18.2 Å². The first-order chi connectivity index (χ1) is 9.06. The van der Waals surface area contributed by atoms with Gasteiger partial charge in [0, 0.05) is 25.1 Å². The largest absolute Gasteiger partial charge is 0.497 e. The summed E-state index contributed by atoms with van der Waals surface area (Å²) in [6.45, 7) is 1.29. The fraction of sp³-hybridized carbons (Fsp3) is 0.500. The molecule has 0 spiro atoms. The smallest absolute Gasteiger partial charge is 0.308 e. The molecule has 0 saturated carbocycles. The number of carbonyl (C=O) groups is 1. The molecule has 1 aromatic carbocycles. The maximum absolute atomic E-state index is 11.4. The Kier molecular flexibility index (Phi) is 3.95. The molecule has 5 nitrogen and oxygen atoms in total. The lowest BCUT2D eigenvalue weighted by atomic mass is 9.88. The molecule has 1 saturated heterocycles. The normalized spacial score (nSPS) is 23.3. The zero-order valence-electron chi connectivity index (χ0n) is 11.4. The van der Waals surface area contributed by atoms with Crippen LogP contribution in [0.25, 0.3) is 0 Å². The van der Waals surface area contributed by atoms with E-state index in [1.165, 1.54) is 0 Å². The number of methoxy groups -OCH3 is 2. The number of carboxylic acids is 1. The Morgan fingerprint density at radius 1 is 1.32 bits per heavy atom. The first-order valence-corrected chi connectivity index (χ1v) is 6.20. The molecule has 0 amide bonds. The molecule has 1 aliphatic heterocycles. The number of hydrogen-bond donors (Lipinski definition) is 1. The fourth-order valence-electron chi connectivity index (χ4n) is 2.69. The van der Waals surface area contributed by atoms with Gasteiger partial charge in [0.05, 0.1) is 20.1 Å². The van der Waals surface area contributed by atoms with Crippen molar-refractivity contribution >= 4 is 5.97 Å². The van der Waals surface area contributed by atoms with E-state index in [-0.39, 0.29) is 5.92 Å². The van der Waals surface area contributed by atoms with E-state index in [4.69, 9.17) is 9.47 Å². The van der Waals surface area contributed by atoms with Crippen molar-refractivity contribution in [2.45, 2.75) is 5.92 Å². The predicted molar refractivity (Wildman–Crippen MR) is 70.9 cm³/mol. The lowest BCUT2D eigenvalue weighted by molar-refractivity contribution is -0.141. The summed E-state index contributed by atoms with van der Waals surface area (Å²) >= 11 is 0. The van der Waals surface area contributed by atoms with Gasteiger partial charge in [-0.05, 0) is 18.7 Å². The van der Waals surface area contributed by atoms with Gasteiger partial charge in [-0.2, -0.15) is 0 Å². The second-order valence-corrected chi connectivity index (χ2v) is 4.88. The van der Waals surface area contributed by atoms with Crippen LogP contribution in [-0.2, 0) is 4.79 Å². The molecular formula is C14H19NO4. The quantitative estimate of drug-likeness (QED) is 0.892. The first kappa shape index (κ1) is 13.7. The highest BCUT2D eigenvalue weighted by atomic mass is 16.5. The van der Waals surface area contributed by atoms with E-state index < -0.39 is 11.9 Å². The molecule has 1 fully saturated rings. The topological polar surface area (TPSA) is 59.0 Å². The molecule has 0 unspecified atom stereocenters. The van der Waals surface area contributed by atoms with E-state index in [9.17, 15) is 9.90 Å². The van der Waals surface area contributed by atoms with Gasteiger partial charge in [0.25, 0.3) is 0 Å². The molecule has 1 heterocycles. The third-order valence-electron chi connectivity index (χ3n) is 3.66. The van der Waals surface area contributed by atoms with Gasteiger partial charge in [0.15, 0.2) is 0 Å². The first-order valence-electron chi connectivity index (χ1n) is 6.20. The van der Waals surface area contributed by atoms with Gasteiger partial charge in [0.2, 0.25) is 0 Å². The summed E-state index contributed by atoms with van der Waals surface area (Å²) in [7, 11) is 5.12. The number of benzene rings is 1. The summed E-state index contributed by atoms with van der Waals surface area (Å²) in [6, 6.07) is 5.54. The highest BCUT2D eigenvalue weighted by molar-refractivity contribution is 5.72. The minimum absolute atomic E-state index is 0.0524. The summed E-state index contributed by atoms with van der Waals surface area (Å²) in [5, 5.41) is 9.33. The van der Waals surface area contributed by atoms with E-state index in [1.807, 2.05) is 24.1 Å². The highest BCUT2D eigenvalue weighted by Crippen LogP contribution is 2.38. The van der Waals surface area contributed by atoms with Crippen molar-refractivity contribution < 1.29 is 19.4 Å². The molecule has 1 aromatic rings. The van der Waals surface area contributed by atoms with Crippen LogP contribution in [0.1, 0.15) is 11.5 Å². The van der Waals surface area contributed by atoms with Crippen LogP contribution in [0.4, 0.5) is 0 Å². The van der Waals surface area contributed by atoms with Crippen molar-refractivity contribution in [2.75, 3.05) is 34.4 Å². The van der Waals surface area contributed by atoms with Gasteiger partial charge in [-0.15, -0.1) is 0 Å². The van der Waals surface area contributed by atoms with Crippen LogP contribution in [0.2, 0.25) is 0 Å². The third kappa shape index (κ3) is 2.66. The minimum atomic E-state index is -0.757.